The van der Waals surface area contributed by atoms with Crippen molar-refractivity contribution >= 4 is 5.97 Å². The van der Waals surface area contributed by atoms with Crippen molar-refractivity contribution in [1.82, 2.24) is 5.32 Å². The van der Waals surface area contributed by atoms with E-state index < -0.39 is 11.9 Å². The molecule has 1 heterocycles. The van der Waals surface area contributed by atoms with Gasteiger partial charge in [-0.15, -0.1) is 0 Å². The molecule has 0 bridgehead atoms. The second-order valence-corrected chi connectivity index (χ2v) is 6.50. The Kier molecular flexibility index (Phi) is 4.32. The molecule has 2 aromatic carbocycles. The predicted molar refractivity (Wildman–Crippen MR) is 92.9 cm³/mol. The summed E-state index contributed by atoms with van der Waals surface area (Å²) < 4.78 is 11.6. The third kappa shape index (κ3) is 3.07. The van der Waals surface area contributed by atoms with E-state index in [0.29, 0.717) is 26.2 Å². The number of carbonyl (C=O) groups is 1. The monoisotopic (exact) mass is 339 g/mol. The van der Waals surface area contributed by atoms with Crippen molar-refractivity contribution in [2.24, 2.45) is 5.92 Å². The molecule has 130 valence electrons. The maximum absolute atomic E-state index is 11.7. The molecule has 0 unspecified atom stereocenters. The highest BCUT2D eigenvalue weighted by Crippen LogP contribution is 2.38. The molecule has 2 aromatic rings. The van der Waals surface area contributed by atoms with Gasteiger partial charge in [0.15, 0.2) is 11.5 Å². The summed E-state index contributed by atoms with van der Waals surface area (Å²) in [4.78, 5) is 11.7. The number of hydrogen-bond donors (Lipinski definition) is 2. The molecule has 25 heavy (non-hydrogen) atoms. The molecule has 2 atom stereocenters. The first-order valence-electron chi connectivity index (χ1n) is 8.65. The van der Waals surface area contributed by atoms with E-state index in [1.165, 1.54) is 0 Å². The Labute approximate surface area is 146 Å². The van der Waals surface area contributed by atoms with Gasteiger partial charge < -0.3 is 19.9 Å². The lowest BCUT2D eigenvalue weighted by molar-refractivity contribution is -0.142. The molecule has 2 aliphatic rings. The summed E-state index contributed by atoms with van der Waals surface area (Å²) in [5.74, 6) is 0.320. The van der Waals surface area contributed by atoms with Gasteiger partial charge in [-0.2, -0.15) is 0 Å². The lowest BCUT2D eigenvalue weighted by atomic mass is 10.0. The normalized spacial score (nSPS) is 21.4. The third-order valence-corrected chi connectivity index (χ3v) is 4.92. The van der Waals surface area contributed by atoms with Crippen molar-refractivity contribution in [3.8, 4) is 11.5 Å². The van der Waals surface area contributed by atoms with Crippen LogP contribution in [0.2, 0.25) is 0 Å². The van der Waals surface area contributed by atoms with E-state index in [9.17, 15) is 9.90 Å². The first-order chi connectivity index (χ1) is 12.2. The van der Waals surface area contributed by atoms with Crippen LogP contribution in [0.3, 0.4) is 0 Å². The van der Waals surface area contributed by atoms with Gasteiger partial charge in [-0.3, -0.25) is 4.79 Å². The van der Waals surface area contributed by atoms with Gasteiger partial charge in [0.25, 0.3) is 0 Å². The summed E-state index contributed by atoms with van der Waals surface area (Å²) in [6, 6.07) is 13.6. The second kappa shape index (κ2) is 6.76. The van der Waals surface area contributed by atoms with Crippen molar-refractivity contribution in [2.45, 2.75) is 25.4 Å². The van der Waals surface area contributed by atoms with Crippen molar-refractivity contribution in [3.63, 3.8) is 0 Å². The van der Waals surface area contributed by atoms with E-state index in [2.05, 4.69) is 5.32 Å². The fourth-order valence-electron chi connectivity index (χ4n) is 3.69. The Morgan fingerprint density at radius 2 is 1.96 bits per heavy atom. The van der Waals surface area contributed by atoms with Gasteiger partial charge in [-0.1, -0.05) is 36.4 Å². The number of rotatable bonds is 4. The largest absolute Gasteiger partial charge is 0.490 e. The van der Waals surface area contributed by atoms with Gasteiger partial charge in [0, 0.05) is 24.6 Å². The SMILES string of the molecule is O=C(O)[C@@H]1Cc2ccccc2[C@@H]1NCc1cccc2c1OCCCO2. The minimum atomic E-state index is -0.764. The molecule has 0 saturated heterocycles. The number of hydrogen-bond acceptors (Lipinski definition) is 4. The summed E-state index contributed by atoms with van der Waals surface area (Å²) in [5.41, 5.74) is 3.18. The molecule has 1 aliphatic heterocycles. The lowest BCUT2D eigenvalue weighted by Crippen LogP contribution is -2.30. The van der Waals surface area contributed by atoms with E-state index in [1.54, 1.807) is 0 Å². The summed E-state index contributed by atoms with van der Waals surface area (Å²) in [5, 5.41) is 13.0. The zero-order valence-electron chi connectivity index (χ0n) is 13.9. The smallest absolute Gasteiger partial charge is 0.308 e. The molecule has 5 heteroatoms. The Morgan fingerprint density at radius 1 is 1.12 bits per heavy atom. The van der Waals surface area contributed by atoms with Crippen molar-refractivity contribution < 1.29 is 19.4 Å². The van der Waals surface area contributed by atoms with Crippen LogP contribution in [0, 0.1) is 5.92 Å². The molecular weight excluding hydrogens is 318 g/mol. The predicted octanol–water partition coefficient (Wildman–Crippen LogP) is 2.94. The zero-order valence-corrected chi connectivity index (χ0v) is 13.9. The highest BCUT2D eigenvalue weighted by atomic mass is 16.5. The quantitative estimate of drug-likeness (QED) is 0.896. The van der Waals surface area contributed by atoms with Gasteiger partial charge in [0.2, 0.25) is 0 Å². The van der Waals surface area contributed by atoms with Crippen molar-refractivity contribution in [1.29, 1.82) is 0 Å². The Hall–Kier alpha value is -2.53. The molecular formula is C20H21NO4. The molecule has 0 aromatic heterocycles. The average Bonchev–Trinajstić information content (AvgIpc) is 2.81. The minimum absolute atomic E-state index is 0.198. The van der Waals surface area contributed by atoms with Crippen molar-refractivity contribution in [3.05, 3.63) is 59.2 Å². The van der Waals surface area contributed by atoms with E-state index in [-0.39, 0.29) is 6.04 Å². The number of carboxylic acid groups (broad SMARTS) is 1. The Bertz CT molecular complexity index is 789. The molecule has 0 fully saturated rings. The van der Waals surface area contributed by atoms with Gasteiger partial charge in [-0.05, 0) is 23.6 Å². The number of benzene rings is 2. The number of nitrogens with one attached hydrogen (secondary N) is 1. The highest BCUT2D eigenvalue weighted by Gasteiger charge is 2.36. The minimum Gasteiger partial charge on any atom is -0.490 e. The maximum Gasteiger partial charge on any atom is 0.308 e. The van der Waals surface area contributed by atoms with Crippen LogP contribution in [0.1, 0.15) is 29.2 Å². The van der Waals surface area contributed by atoms with E-state index >= 15 is 0 Å². The molecule has 5 nitrogen and oxygen atoms in total. The summed E-state index contributed by atoms with van der Waals surface area (Å²) in [6.07, 6.45) is 1.42. The zero-order chi connectivity index (χ0) is 17.2. The van der Waals surface area contributed by atoms with Crippen LogP contribution >= 0.6 is 0 Å². The van der Waals surface area contributed by atoms with Crippen LogP contribution in [0.4, 0.5) is 0 Å². The fourth-order valence-corrected chi connectivity index (χ4v) is 3.69. The molecule has 2 N–H and O–H groups in total. The van der Waals surface area contributed by atoms with Gasteiger partial charge in [0.05, 0.1) is 19.1 Å². The molecule has 4 rings (SSSR count). The molecule has 0 amide bonds. The Morgan fingerprint density at radius 3 is 2.84 bits per heavy atom. The second-order valence-electron chi connectivity index (χ2n) is 6.50. The number of fused-ring (bicyclic) bond motifs is 2. The maximum atomic E-state index is 11.7. The first kappa shape index (κ1) is 16.0. The lowest BCUT2D eigenvalue weighted by Gasteiger charge is -2.20. The van der Waals surface area contributed by atoms with Gasteiger partial charge in [-0.25, -0.2) is 0 Å². The van der Waals surface area contributed by atoms with E-state index in [1.807, 2.05) is 42.5 Å². The number of para-hydroxylation sites is 1. The number of aliphatic carboxylic acids is 1. The molecule has 0 spiro atoms. The van der Waals surface area contributed by atoms with Gasteiger partial charge in [0.1, 0.15) is 0 Å². The topological polar surface area (TPSA) is 67.8 Å². The van der Waals surface area contributed by atoms with E-state index in [0.717, 1.165) is 34.6 Å². The average molecular weight is 339 g/mol. The van der Waals surface area contributed by atoms with Crippen molar-refractivity contribution in [2.75, 3.05) is 13.2 Å². The molecule has 0 radical (unpaired) electrons. The van der Waals surface area contributed by atoms with Crippen LogP contribution in [0.5, 0.6) is 11.5 Å². The Balaban J connectivity index is 1.57. The summed E-state index contributed by atoms with van der Waals surface area (Å²) in [6.45, 7) is 1.82. The van der Waals surface area contributed by atoms with Crippen LogP contribution in [-0.4, -0.2) is 24.3 Å². The van der Waals surface area contributed by atoms with Gasteiger partial charge >= 0.3 is 5.97 Å². The summed E-state index contributed by atoms with van der Waals surface area (Å²) in [7, 11) is 0. The highest BCUT2D eigenvalue weighted by molar-refractivity contribution is 5.73. The standard InChI is InChI=1S/C20H21NO4/c22-20(23)16-11-13-5-1-2-7-15(13)18(16)21-12-14-6-3-8-17-19(14)25-10-4-9-24-17/h1-3,5-8,16,18,21H,4,9-12H2,(H,22,23)/t16-,18+/m1/s1. The van der Waals surface area contributed by atoms with E-state index in [4.69, 9.17) is 9.47 Å². The van der Waals surface area contributed by atoms with Crippen LogP contribution in [-0.2, 0) is 17.8 Å². The number of ether oxygens (including phenoxy) is 2. The fraction of sp³-hybridized carbons (Fsp3) is 0.350. The molecule has 0 saturated carbocycles. The van der Waals surface area contributed by atoms with Crippen LogP contribution in [0.25, 0.3) is 0 Å². The van der Waals surface area contributed by atoms with Crippen LogP contribution in [0.15, 0.2) is 42.5 Å². The third-order valence-electron chi connectivity index (χ3n) is 4.92. The van der Waals surface area contributed by atoms with Crippen LogP contribution < -0.4 is 14.8 Å². The summed E-state index contributed by atoms with van der Waals surface area (Å²) >= 11 is 0. The molecule has 1 aliphatic carbocycles. The number of carboxylic acids is 1. The first-order valence-corrected chi connectivity index (χ1v) is 8.65.